The molecular formula is C11H17BrN2O3S. The van der Waals surface area contributed by atoms with Crippen molar-refractivity contribution < 1.29 is 12.9 Å². The number of aromatic nitrogens is 1. The summed E-state index contributed by atoms with van der Waals surface area (Å²) in [6.07, 6.45) is 0.860. The normalized spacial score (nSPS) is 26.4. The first-order valence-corrected chi connectivity index (χ1v) is 8.26. The molecule has 1 aliphatic rings. The summed E-state index contributed by atoms with van der Waals surface area (Å²) in [6, 6.07) is 0. The van der Waals surface area contributed by atoms with Gasteiger partial charge in [-0.1, -0.05) is 28.0 Å². The van der Waals surface area contributed by atoms with Crippen molar-refractivity contribution in [3.8, 4) is 0 Å². The second-order valence-electron chi connectivity index (χ2n) is 4.80. The molecule has 2 atom stereocenters. The average molecular weight is 337 g/mol. The third-order valence-corrected chi connectivity index (χ3v) is 6.70. The first kappa shape index (κ1) is 14.0. The smallest absolute Gasteiger partial charge is 0.248 e. The Morgan fingerprint density at radius 2 is 2.11 bits per heavy atom. The number of hydrogen-bond acceptors (Lipinski definition) is 4. The van der Waals surface area contributed by atoms with Crippen molar-refractivity contribution in [2.75, 3.05) is 13.1 Å². The number of hydrogen-bond donors (Lipinski definition) is 0. The topological polar surface area (TPSA) is 63.4 Å². The molecule has 102 valence electrons. The Morgan fingerprint density at radius 3 is 2.61 bits per heavy atom. The van der Waals surface area contributed by atoms with Crippen molar-refractivity contribution in [2.24, 2.45) is 5.92 Å². The zero-order chi connectivity index (χ0) is 13.5. The Hall–Kier alpha value is -0.400. The van der Waals surface area contributed by atoms with E-state index >= 15 is 0 Å². The minimum absolute atomic E-state index is 0.196. The molecule has 2 rings (SSSR count). The van der Waals surface area contributed by atoms with Crippen LogP contribution in [0.5, 0.6) is 0 Å². The highest BCUT2D eigenvalue weighted by Gasteiger charge is 2.35. The van der Waals surface area contributed by atoms with Crippen LogP contribution in [0.1, 0.15) is 24.8 Å². The van der Waals surface area contributed by atoms with Gasteiger partial charge in [-0.3, -0.25) is 0 Å². The number of sulfonamides is 1. The van der Waals surface area contributed by atoms with E-state index in [1.807, 2.05) is 0 Å². The largest absolute Gasteiger partial charge is 0.360 e. The van der Waals surface area contributed by atoms with E-state index in [1.165, 1.54) is 4.31 Å². The van der Waals surface area contributed by atoms with E-state index in [-0.39, 0.29) is 9.72 Å². The van der Waals surface area contributed by atoms with Gasteiger partial charge >= 0.3 is 0 Å². The minimum Gasteiger partial charge on any atom is -0.360 e. The van der Waals surface area contributed by atoms with Crippen LogP contribution in [0.4, 0.5) is 0 Å². The van der Waals surface area contributed by atoms with Crippen LogP contribution >= 0.6 is 15.9 Å². The van der Waals surface area contributed by atoms with Crippen molar-refractivity contribution in [3.05, 3.63) is 11.5 Å². The molecule has 0 aromatic carbocycles. The Labute approximate surface area is 116 Å². The summed E-state index contributed by atoms with van der Waals surface area (Å²) in [5.74, 6) is 0.846. The van der Waals surface area contributed by atoms with Crippen LogP contribution in [0.3, 0.4) is 0 Å². The molecule has 0 N–H and O–H groups in total. The molecular weight excluding hydrogens is 320 g/mol. The molecule has 18 heavy (non-hydrogen) atoms. The molecule has 5 nitrogen and oxygen atoms in total. The van der Waals surface area contributed by atoms with Gasteiger partial charge < -0.3 is 4.52 Å². The van der Waals surface area contributed by atoms with E-state index in [1.54, 1.807) is 13.8 Å². The molecule has 2 unspecified atom stereocenters. The molecule has 1 fully saturated rings. The molecule has 0 aliphatic carbocycles. The van der Waals surface area contributed by atoms with Crippen molar-refractivity contribution in [1.82, 2.24) is 9.46 Å². The van der Waals surface area contributed by atoms with Gasteiger partial charge in [0, 0.05) is 17.9 Å². The number of piperidine rings is 1. The fourth-order valence-corrected chi connectivity index (χ4v) is 4.76. The molecule has 0 saturated carbocycles. The van der Waals surface area contributed by atoms with Crippen molar-refractivity contribution in [2.45, 2.75) is 36.9 Å². The maximum atomic E-state index is 12.5. The maximum Gasteiger partial charge on any atom is 0.248 e. The van der Waals surface area contributed by atoms with Gasteiger partial charge in [-0.15, -0.1) is 0 Å². The third kappa shape index (κ3) is 2.35. The molecule has 1 aromatic heterocycles. The minimum atomic E-state index is -3.49. The van der Waals surface area contributed by atoms with Gasteiger partial charge in [-0.2, -0.15) is 4.31 Å². The van der Waals surface area contributed by atoms with Gasteiger partial charge in [0.15, 0.2) is 5.76 Å². The molecule has 1 aliphatic heterocycles. The van der Waals surface area contributed by atoms with Crippen LogP contribution in [0.25, 0.3) is 0 Å². The molecule has 1 saturated heterocycles. The molecule has 7 heteroatoms. The van der Waals surface area contributed by atoms with Crippen molar-refractivity contribution in [3.63, 3.8) is 0 Å². The number of halogens is 1. The second-order valence-corrected chi connectivity index (χ2v) is 7.85. The van der Waals surface area contributed by atoms with E-state index in [0.717, 1.165) is 6.42 Å². The average Bonchev–Trinajstić information content (AvgIpc) is 2.62. The first-order valence-electron chi connectivity index (χ1n) is 5.91. The highest BCUT2D eigenvalue weighted by molar-refractivity contribution is 9.09. The van der Waals surface area contributed by atoms with E-state index < -0.39 is 10.0 Å². The molecule has 0 spiro atoms. The fourth-order valence-electron chi connectivity index (χ4n) is 2.18. The summed E-state index contributed by atoms with van der Waals surface area (Å²) in [5.41, 5.74) is 0.428. The third-order valence-electron chi connectivity index (χ3n) is 3.40. The Balaban J connectivity index is 2.33. The monoisotopic (exact) mass is 336 g/mol. The zero-order valence-electron chi connectivity index (χ0n) is 10.7. The second kappa shape index (κ2) is 4.94. The Bertz CT molecular complexity index is 521. The lowest BCUT2D eigenvalue weighted by Crippen LogP contribution is -2.43. The van der Waals surface area contributed by atoms with Crippen LogP contribution in [0, 0.1) is 19.8 Å². The van der Waals surface area contributed by atoms with Crippen molar-refractivity contribution in [1.29, 1.82) is 0 Å². The summed E-state index contributed by atoms with van der Waals surface area (Å²) >= 11 is 3.54. The molecule has 1 aromatic rings. The van der Waals surface area contributed by atoms with Gasteiger partial charge in [0.2, 0.25) is 10.0 Å². The predicted molar refractivity (Wildman–Crippen MR) is 71.2 cm³/mol. The van der Waals surface area contributed by atoms with Crippen molar-refractivity contribution >= 4 is 26.0 Å². The summed E-state index contributed by atoms with van der Waals surface area (Å²) in [5, 5.41) is 3.72. The number of rotatable bonds is 2. The summed E-state index contributed by atoms with van der Waals surface area (Å²) in [7, 11) is -3.49. The van der Waals surface area contributed by atoms with E-state index in [2.05, 4.69) is 28.0 Å². The SMILES string of the molecule is Cc1noc(C)c1S(=O)(=O)N1CCC(C)C(Br)C1. The lowest BCUT2D eigenvalue weighted by atomic mass is 10.0. The summed E-state index contributed by atoms with van der Waals surface area (Å²) in [6.45, 7) is 6.45. The molecule has 0 bridgehead atoms. The standard InChI is InChI=1S/C11H17BrN2O3S/c1-7-4-5-14(6-10(7)12)18(15,16)11-8(2)13-17-9(11)3/h7,10H,4-6H2,1-3H3. The zero-order valence-corrected chi connectivity index (χ0v) is 13.1. The highest BCUT2D eigenvalue weighted by Crippen LogP contribution is 2.30. The Kier molecular flexibility index (Phi) is 3.85. The fraction of sp³-hybridized carbons (Fsp3) is 0.727. The first-order chi connectivity index (χ1) is 8.34. The van der Waals surface area contributed by atoms with Gasteiger partial charge in [-0.05, 0) is 26.2 Å². The van der Waals surface area contributed by atoms with Crippen LogP contribution in [-0.2, 0) is 10.0 Å². The summed E-state index contributed by atoms with van der Waals surface area (Å²) in [4.78, 5) is 0.415. The van der Waals surface area contributed by atoms with E-state index in [4.69, 9.17) is 4.52 Å². The summed E-state index contributed by atoms with van der Waals surface area (Å²) < 4.78 is 31.6. The highest BCUT2D eigenvalue weighted by atomic mass is 79.9. The number of alkyl halides is 1. The lowest BCUT2D eigenvalue weighted by molar-refractivity contribution is 0.299. The van der Waals surface area contributed by atoms with Crippen LogP contribution in [-0.4, -0.2) is 35.8 Å². The van der Waals surface area contributed by atoms with Gasteiger partial charge in [0.05, 0.1) is 0 Å². The Morgan fingerprint density at radius 1 is 1.44 bits per heavy atom. The number of aryl methyl sites for hydroxylation is 2. The quantitative estimate of drug-likeness (QED) is 0.775. The van der Waals surface area contributed by atoms with Crippen LogP contribution < -0.4 is 0 Å². The molecule has 2 heterocycles. The predicted octanol–water partition coefficient (Wildman–Crippen LogP) is 2.09. The molecule has 0 radical (unpaired) electrons. The van der Waals surface area contributed by atoms with Gasteiger partial charge in [0.25, 0.3) is 0 Å². The van der Waals surface area contributed by atoms with Crippen LogP contribution in [0.15, 0.2) is 9.42 Å². The maximum absolute atomic E-state index is 12.5. The number of nitrogens with zero attached hydrogens (tertiary/aromatic N) is 2. The van der Waals surface area contributed by atoms with E-state index in [9.17, 15) is 8.42 Å². The lowest BCUT2D eigenvalue weighted by Gasteiger charge is -2.33. The van der Waals surface area contributed by atoms with Gasteiger partial charge in [0.1, 0.15) is 10.6 Å². The molecule has 0 amide bonds. The van der Waals surface area contributed by atoms with Gasteiger partial charge in [-0.25, -0.2) is 8.42 Å². The van der Waals surface area contributed by atoms with Crippen LogP contribution in [0.2, 0.25) is 0 Å². The van der Waals surface area contributed by atoms with E-state index in [0.29, 0.717) is 30.5 Å².